The molecule has 1 aliphatic rings. The van der Waals surface area contributed by atoms with Gasteiger partial charge in [-0.15, -0.1) is 0 Å². The lowest BCUT2D eigenvalue weighted by atomic mass is 9.99. The predicted molar refractivity (Wildman–Crippen MR) is 97.2 cm³/mol. The van der Waals surface area contributed by atoms with E-state index >= 15 is 0 Å². The Bertz CT molecular complexity index is 726. The first-order chi connectivity index (χ1) is 11.7. The molecule has 1 aliphatic heterocycles. The van der Waals surface area contributed by atoms with Crippen LogP contribution in [0.2, 0.25) is 0 Å². The summed E-state index contributed by atoms with van der Waals surface area (Å²) in [6, 6.07) is 2.53. The number of non-ortho nitro benzene ring substituents is 1. The van der Waals surface area contributed by atoms with E-state index in [-0.39, 0.29) is 10.6 Å². The number of rotatable bonds is 7. The molecule has 2 rings (SSSR count). The van der Waals surface area contributed by atoms with E-state index in [0.29, 0.717) is 17.7 Å². The largest absolute Gasteiger partial charge is 0.303 e. The van der Waals surface area contributed by atoms with Crippen LogP contribution in [0.15, 0.2) is 17.0 Å². The van der Waals surface area contributed by atoms with Gasteiger partial charge in [0.25, 0.3) is 5.69 Å². The van der Waals surface area contributed by atoms with Gasteiger partial charge in [0.05, 0.1) is 9.82 Å². The van der Waals surface area contributed by atoms with Gasteiger partial charge in [0.2, 0.25) is 10.0 Å². The summed E-state index contributed by atoms with van der Waals surface area (Å²) in [6.07, 6.45) is 3.11. The molecule has 0 saturated carbocycles. The summed E-state index contributed by atoms with van der Waals surface area (Å²) >= 11 is 0. The zero-order chi connectivity index (χ0) is 18.6. The number of nitro groups is 1. The second-order valence-corrected chi connectivity index (χ2v) is 8.65. The van der Waals surface area contributed by atoms with Gasteiger partial charge in [-0.3, -0.25) is 10.1 Å². The summed E-state index contributed by atoms with van der Waals surface area (Å²) in [5.74, 6) is 0.773. The van der Waals surface area contributed by atoms with Crippen molar-refractivity contribution < 1.29 is 13.3 Å². The Morgan fingerprint density at radius 3 is 2.52 bits per heavy atom. The monoisotopic (exact) mass is 369 g/mol. The number of nitrogens with zero attached hydrogens (tertiary/aromatic N) is 2. The van der Waals surface area contributed by atoms with Gasteiger partial charge >= 0.3 is 0 Å². The molecule has 1 aromatic rings. The van der Waals surface area contributed by atoms with Crippen LogP contribution in [-0.2, 0) is 10.0 Å². The van der Waals surface area contributed by atoms with Crippen LogP contribution in [0.1, 0.15) is 37.3 Å². The lowest BCUT2D eigenvalue weighted by Crippen LogP contribution is -2.35. The van der Waals surface area contributed by atoms with Gasteiger partial charge in [0.1, 0.15) is 0 Å². The van der Waals surface area contributed by atoms with Crippen LogP contribution in [0.4, 0.5) is 5.69 Å². The van der Waals surface area contributed by atoms with Gasteiger partial charge < -0.3 is 4.90 Å². The summed E-state index contributed by atoms with van der Waals surface area (Å²) in [6.45, 7) is 8.93. The summed E-state index contributed by atoms with van der Waals surface area (Å²) in [5.41, 5.74) is 0.936. The smallest absolute Gasteiger partial charge is 0.271 e. The standard InChI is InChI=1S/C17H27N3O4S/c1-13-5-9-19(10-6-13)8-4-7-18-25(23,24)17-12-16(20(21)22)11-14(2)15(17)3/h11-13,18H,4-10H2,1-3H3. The highest BCUT2D eigenvalue weighted by molar-refractivity contribution is 7.89. The van der Waals surface area contributed by atoms with Crippen molar-refractivity contribution in [3.63, 3.8) is 0 Å². The maximum Gasteiger partial charge on any atom is 0.271 e. The topological polar surface area (TPSA) is 92.5 Å². The molecule has 0 amide bonds. The van der Waals surface area contributed by atoms with Crippen LogP contribution in [0.5, 0.6) is 0 Å². The number of aryl methyl sites for hydroxylation is 1. The number of nitro benzene ring substituents is 1. The van der Waals surface area contributed by atoms with Crippen molar-refractivity contribution in [3.8, 4) is 0 Å². The Morgan fingerprint density at radius 1 is 1.28 bits per heavy atom. The first-order valence-corrected chi connectivity index (χ1v) is 10.2. The average molecular weight is 369 g/mol. The summed E-state index contributed by atoms with van der Waals surface area (Å²) in [5, 5.41) is 11.0. The quantitative estimate of drug-likeness (QED) is 0.453. The number of sulfonamides is 1. The van der Waals surface area contributed by atoms with Crippen molar-refractivity contribution >= 4 is 15.7 Å². The van der Waals surface area contributed by atoms with Crippen LogP contribution < -0.4 is 4.72 Å². The van der Waals surface area contributed by atoms with Crippen LogP contribution in [0, 0.1) is 29.9 Å². The maximum atomic E-state index is 12.5. The third-order valence-corrected chi connectivity index (χ3v) is 6.51. The molecule has 25 heavy (non-hydrogen) atoms. The van der Waals surface area contributed by atoms with Crippen molar-refractivity contribution in [2.24, 2.45) is 5.92 Å². The van der Waals surface area contributed by atoms with Crippen LogP contribution >= 0.6 is 0 Å². The van der Waals surface area contributed by atoms with E-state index in [4.69, 9.17) is 0 Å². The molecule has 1 N–H and O–H groups in total. The van der Waals surface area contributed by atoms with E-state index in [1.807, 2.05) is 0 Å². The van der Waals surface area contributed by atoms with Crippen molar-refractivity contribution in [2.45, 2.75) is 44.9 Å². The molecule has 7 nitrogen and oxygen atoms in total. The summed E-state index contributed by atoms with van der Waals surface area (Å²) in [4.78, 5) is 12.8. The van der Waals surface area contributed by atoms with Crippen LogP contribution in [0.25, 0.3) is 0 Å². The maximum absolute atomic E-state index is 12.5. The second kappa shape index (κ2) is 8.25. The Balaban J connectivity index is 1.96. The number of piperidine rings is 1. The van der Waals surface area contributed by atoms with Crippen molar-refractivity contribution in [3.05, 3.63) is 33.4 Å². The normalized spacial score (nSPS) is 16.9. The lowest BCUT2D eigenvalue weighted by molar-refractivity contribution is -0.385. The highest BCUT2D eigenvalue weighted by Gasteiger charge is 2.22. The number of hydrogen-bond acceptors (Lipinski definition) is 5. The molecular weight excluding hydrogens is 342 g/mol. The molecule has 0 radical (unpaired) electrons. The molecule has 1 fully saturated rings. The third kappa shape index (κ3) is 5.23. The molecule has 0 aromatic heterocycles. The Kier molecular flexibility index (Phi) is 6.53. The summed E-state index contributed by atoms with van der Waals surface area (Å²) < 4.78 is 27.6. The van der Waals surface area contributed by atoms with Gasteiger partial charge in [-0.25, -0.2) is 13.1 Å². The van der Waals surface area contributed by atoms with Crippen LogP contribution in [0.3, 0.4) is 0 Å². The fourth-order valence-electron chi connectivity index (χ4n) is 3.07. The molecule has 0 bridgehead atoms. The fourth-order valence-corrected chi connectivity index (χ4v) is 4.47. The first-order valence-electron chi connectivity index (χ1n) is 8.68. The van der Waals surface area contributed by atoms with E-state index in [1.165, 1.54) is 18.9 Å². The van der Waals surface area contributed by atoms with Crippen LogP contribution in [-0.4, -0.2) is 44.4 Å². The molecule has 0 spiro atoms. The highest BCUT2D eigenvalue weighted by atomic mass is 32.2. The second-order valence-electron chi connectivity index (χ2n) is 6.92. The molecule has 1 saturated heterocycles. The number of nitrogens with one attached hydrogen (secondary N) is 1. The molecule has 8 heteroatoms. The fraction of sp³-hybridized carbons (Fsp3) is 0.647. The Hall–Kier alpha value is -1.51. The van der Waals surface area contributed by atoms with Gasteiger partial charge in [0, 0.05) is 18.7 Å². The Labute approximate surface area is 149 Å². The highest BCUT2D eigenvalue weighted by Crippen LogP contribution is 2.25. The number of likely N-dealkylation sites (tertiary alicyclic amines) is 1. The number of hydrogen-bond donors (Lipinski definition) is 1. The first kappa shape index (κ1) is 19.8. The number of benzene rings is 1. The van der Waals surface area contributed by atoms with Gasteiger partial charge in [0.15, 0.2) is 0 Å². The summed E-state index contributed by atoms with van der Waals surface area (Å²) in [7, 11) is -3.75. The minimum absolute atomic E-state index is 0.00834. The molecule has 1 heterocycles. The molecule has 0 unspecified atom stereocenters. The van der Waals surface area contributed by atoms with Crippen molar-refractivity contribution in [1.29, 1.82) is 0 Å². The molecular formula is C17H27N3O4S. The van der Waals surface area contributed by atoms with E-state index in [9.17, 15) is 18.5 Å². The van der Waals surface area contributed by atoms with E-state index in [1.54, 1.807) is 13.8 Å². The molecule has 140 valence electrons. The minimum atomic E-state index is -3.75. The van der Waals surface area contributed by atoms with Gasteiger partial charge in [-0.05, 0) is 69.8 Å². The zero-order valence-corrected chi connectivity index (χ0v) is 15.9. The van der Waals surface area contributed by atoms with Crippen molar-refractivity contribution in [1.82, 2.24) is 9.62 Å². The predicted octanol–water partition coefficient (Wildman–Crippen LogP) is 2.61. The van der Waals surface area contributed by atoms with E-state index in [2.05, 4.69) is 16.5 Å². The average Bonchev–Trinajstić information content (AvgIpc) is 2.55. The minimum Gasteiger partial charge on any atom is -0.303 e. The van der Waals surface area contributed by atoms with Crippen molar-refractivity contribution in [2.75, 3.05) is 26.2 Å². The zero-order valence-electron chi connectivity index (χ0n) is 15.1. The molecule has 1 aromatic carbocycles. The van der Waals surface area contributed by atoms with Gasteiger partial charge in [-0.2, -0.15) is 0 Å². The Morgan fingerprint density at radius 2 is 1.92 bits per heavy atom. The SMILES string of the molecule is Cc1cc([N+](=O)[O-])cc(S(=O)(=O)NCCCN2CCC(C)CC2)c1C. The van der Waals surface area contributed by atoms with Gasteiger partial charge in [-0.1, -0.05) is 6.92 Å². The van der Waals surface area contributed by atoms with E-state index in [0.717, 1.165) is 38.0 Å². The third-order valence-electron chi connectivity index (χ3n) is 4.92. The van der Waals surface area contributed by atoms with E-state index < -0.39 is 14.9 Å². The lowest BCUT2D eigenvalue weighted by Gasteiger charge is -2.30. The molecule has 0 aliphatic carbocycles. The molecule has 0 atom stereocenters.